The fraction of sp³-hybridized carbons (Fsp3) is 0.368. The Morgan fingerprint density at radius 2 is 2.04 bits per heavy atom. The average Bonchev–Trinajstić information content (AvgIpc) is 2.61. The minimum absolute atomic E-state index is 0.0463. The summed E-state index contributed by atoms with van der Waals surface area (Å²) in [5.41, 5.74) is 1.97. The van der Waals surface area contributed by atoms with Crippen molar-refractivity contribution in [2.24, 2.45) is 4.99 Å². The summed E-state index contributed by atoms with van der Waals surface area (Å²) in [7, 11) is 5.70. The molecule has 1 heterocycles. The van der Waals surface area contributed by atoms with E-state index in [9.17, 15) is 4.39 Å². The number of pyridine rings is 1. The number of aliphatic imine (C=N–C) groups is 1. The summed E-state index contributed by atoms with van der Waals surface area (Å²) in [6, 6.07) is 12.6. The van der Waals surface area contributed by atoms with E-state index < -0.39 is 0 Å². The van der Waals surface area contributed by atoms with Gasteiger partial charge in [-0.3, -0.25) is 9.98 Å². The molecule has 2 N–H and O–H groups in total. The van der Waals surface area contributed by atoms with Crippen LogP contribution < -0.4 is 10.6 Å². The number of likely N-dealkylation sites (N-methyl/N-ethyl adjacent to an activating group) is 1. The lowest BCUT2D eigenvalue weighted by Gasteiger charge is -2.26. The molecule has 0 amide bonds. The van der Waals surface area contributed by atoms with E-state index in [1.54, 1.807) is 25.4 Å². The number of hydrogen-bond acceptors (Lipinski definition) is 3. The summed E-state index contributed by atoms with van der Waals surface area (Å²) in [4.78, 5) is 10.6. The van der Waals surface area contributed by atoms with Crippen molar-refractivity contribution in [2.45, 2.75) is 12.5 Å². The molecule has 0 aliphatic heterocycles. The topological polar surface area (TPSA) is 52.6 Å². The van der Waals surface area contributed by atoms with E-state index >= 15 is 0 Å². The SMILES string of the molecule is CN=C(NCCc1ccccn1)NCC(c1cccc(F)c1)N(C)C. The van der Waals surface area contributed by atoms with Crippen molar-refractivity contribution in [3.63, 3.8) is 0 Å². The Labute approximate surface area is 149 Å². The van der Waals surface area contributed by atoms with E-state index in [1.807, 2.05) is 38.4 Å². The van der Waals surface area contributed by atoms with Crippen LogP contribution in [0, 0.1) is 5.82 Å². The minimum atomic E-state index is -0.220. The Kier molecular flexibility index (Phi) is 7.35. The van der Waals surface area contributed by atoms with E-state index in [0.29, 0.717) is 6.54 Å². The molecule has 0 radical (unpaired) electrons. The van der Waals surface area contributed by atoms with Crippen LogP contribution in [0.4, 0.5) is 4.39 Å². The van der Waals surface area contributed by atoms with Crippen LogP contribution in [-0.2, 0) is 6.42 Å². The van der Waals surface area contributed by atoms with Crippen molar-refractivity contribution in [1.82, 2.24) is 20.5 Å². The molecule has 6 heteroatoms. The molecule has 25 heavy (non-hydrogen) atoms. The Morgan fingerprint density at radius 3 is 2.68 bits per heavy atom. The zero-order valence-corrected chi connectivity index (χ0v) is 15.0. The molecule has 134 valence electrons. The van der Waals surface area contributed by atoms with Crippen LogP contribution in [0.3, 0.4) is 0 Å². The highest BCUT2D eigenvalue weighted by atomic mass is 19.1. The Bertz CT molecular complexity index is 673. The second kappa shape index (κ2) is 9.74. The molecule has 0 spiro atoms. The van der Waals surface area contributed by atoms with Crippen molar-refractivity contribution >= 4 is 5.96 Å². The van der Waals surface area contributed by atoms with Gasteiger partial charge in [-0.05, 0) is 43.9 Å². The summed E-state index contributed by atoms with van der Waals surface area (Å²) in [6.07, 6.45) is 2.62. The second-order valence-electron chi connectivity index (χ2n) is 5.99. The molecule has 0 bridgehead atoms. The normalized spacial score (nSPS) is 12.9. The molecule has 1 atom stereocenters. The summed E-state index contributed by atoms with van der Waals surface area (Å²) < 4.78 is 13.5. The molecule has 0 saturated carbocycles. The van der Waals surface area contributed by atoms with Crippen LogP contribution in [0.1, 0.15) is 17.3 Å². The van der Waals surface area contributed by atoms with Gasteiger partial charge in [0.25, 0.3) is 0 Å². The molecular formula is C19H26FN5. The van der Waals surface area contributed by atoms with Crippen LogP contribution >= 0.6 is 0 Å². The number of rotatable bonds is 7. The first-order chi connectivity index (χ1) is 12.1. The molecule has 0 fully saturated rings. The van der Waals surface area contributed by atoms with E-state index in [2.05, 4.69) is 25.5 Å². The number of nitrogens with one attached hydrogen (secondary N) is 2. The van der Waals surface area contributed by atoms with Gasteiger partial charge in [-0.2, -0.15) is 0 Å². The van der Waals surface area contributed by atoms with E-state index in [1.165, 1.54) is 6.07 Å². The van der Waals surface area contributed by atoms with Crippen molar-refractivity contribution in [3.8, 4) is 0 Å². The van der Waals surface area contributed by atoms with Gasteiger partial charge in [0.1, 0.15) is 5.82 Å². The van der Waals surface area contributed by atoms with Crippen LogP contribution in [0.2, 0.25) is 0 Å². The van der Waals surface area contributed by atoms with Crippen LogP contribution in [0.5, 0.6) is 0 Å². The standard InChI is InChI=1S/C19H26FN5/c1-21-19(23-12-10-17-9-4-5-11-22-17)24-14-18(25(2)3)15-7-6-8-16(20)13-15/h4-9,11,13,18H,10,12,14H2,1-3H3,(H2,21,23,24). The summed E-state index contributed by atoms with van der Waals surface area (Å²) in [5, 5.41) is 6.59. The molecule has 5 nitrogen and oxygen atoms in total. The predicted molar refractivity (Wildman–Crippen MR) is 100 cm³/mol. The second-order valence-corrected chi connectivity index (χ2v) is 5.99. The van der Waals surface area contributed by atoms with Gasteiger partial charge >= 0.3 is 0 Å². The Morgan fingerprint density at radius 1 is 1.20 bits per heavy atom. The molecule has 0 saturated heterocycles. The third kappa shape index (κ3) is 6.15. The lowest BCUT2D eigenvalue weighted by atomic mass is 10.1. The smallest absolute Gasteiger partial charge is 0.191 e. The number of hydrogen-bond donors (Lipinski definition) is 2. The first-order valence-corrected chi connectivity index (χ1v) is 8.36. The monoisotopic (exact) mass is 343 g/mol. The number of nitrogens with zero attached hydrogens (tertiary/aromatic N) is 3. The molecule has 2 aromatic rings. The van der Waals surface area contributed by atoms with Crippen molar-refractivity contribution in [1.29, 1.82) is 0 Å². The lowest BCUT2D eigenvalue weighted by Crippen LogP contribution is -2.42. The number of guanidine groups is 1. The van der Waals surface area contributed by atoms with Gasteiger partial charge in [-0.15, -0.1) is 0 Å². The maximum atomic E-state index is 13.5. The number of halogens is 1. The third-order valence-electron chi connectivity index (χ3n) is 3.94. The summed E-state index contributed by atoms with van der Waals surface area (Å²) in [5.74, 6) is 0.501. The van der Waals surface area contributed by atoms with Crippen molar-refractivity contribution in [3.05, 3.63) is 65.7 Å². The first kappa shape index (κ1) is 18.9. The van der Waals surface area contributed by atoms with Crippen molar-refractivity contribution in [2.75, 3.05) is 34.2 Å². The van der Waals surface area contributed by atoms with Gasteiger partial charge < -0.3 is 15.5 Å². The number of benzene rings is 1. The fourth-order valence-electron chi connectivity index (χ4n) is 2.58. The quantitative estimate of drug-likeness (QED) is 0.598. The summed E-state index contributed by atoms with van der Waals surface area (Å²) in [6.45, 7) is 1.36. The number of aromatic nitrogens is 1. The maximum absolute atomic E-state index is 13.5. The first-order valence-electron chi connectivity index (χ1n) is 8.36. The van der Waals surface area contributed by atoms with Crippen LogP contribution in [0.25, 0.3) is 0 Å². The summed E-state index contributed by atoms with van der Waals surface area (Å²) >= 11 is 0. The van der Waals surface area contributed by atoms with E-state index in [0.717, 1.165) is 30.2 Å². The molecule has 0 aliphatic rings. The predicted octanol–water partition coefficient (Wildman–Crippen LogP) is 2.23. The van der Waals surface area contributed by atoms with E-state index in [4.69, 9.17) is 0 Å². The van der Waals surface area contributed by atoms with Crippen LogP contribution in [-0.4, -0.2) is 50.1 Å². The lowest BCUT2D eigenvalue weighted by molar-refractivity contribution is 0.297. The zero-order valence-electron chi connectivity index (χ0n) is 15.0. The highest BCUT2D eigenvalue weighted by Crippen LogP contribution is 2.18. The Balaban J connectivity index is 1.87. The highest BCUT2D eigenvalue weighted by molar-refractivity contribution is 5.79. The molecule has 1 unspecified atom stereocenters. The van der Waals surface area contributed by atoms with Gasteiger partial charge in [0.15, 0.2) is 5.96 Å². The van der Waals surface area contributed by atoms with E-state index in [-0.39, 0.29) is 11.9 Å². The highest BCUT2D eigenvalue weighted by Gasteiger charge is 2.15. The minimum Gasteiger partial charge on any atom is -0.356 e. The largest absolute Gasteiger partial charge is 0.356 e. The van der Waals surface area contributed by atoms with Gasteiger partial charge in [0, 0.05) is 38.4 Å². The molecule has 0 aliphatic carbocycles. The van der Waals surface area contributed by atoms with Gasteiger partial charge in [0.2, 0.25) is 0 Å². The van der Waals surface area contributed by atoms with Gasteiger partial charge in [-0.25, -0.2) is 4.39 Å². The Hall–Kier alpha value is -2.47. The van der Waals surface area contributed by atoms with Crippen LogP contribution in [0.15, 0.2) is 53.7 Å². The van der Waals surface area contributed by atoms with Gasteiger partial charge in [0.05, 0.1) is 6.04 Å². The third-order valence-corrected chi connectivity index (χ3v) is 3.94. The zero-order chi connectivity index (χ0) is 18.1. The molecular weight excluding hydrogens is 317 g/mol. The average molecular weight is 343 g/mol. The maximum Gasteiger partial charge on any atom is 0.191 e. The van der Waals surface area contributed by atoms with Crippen molar-refractivity contribution < 1.29 is 4.39 Å². The molecule has 1 aromatic carbocycles. The molecule has 1 aromatic heterocycles. The van der Waals surface area contributed by atoms with Gasteiger partial charge in [-0.1, -0.05) is 18.2 Å². The fourth-order valence-corrected chi connectivity index (χ4v) is 2.58. The molecule has 2 rings (SSSR count).